The van der Waals surface area contributed by atoms with Gasteiger partial charge >= 0.3 is 0 Å². The average Bonchev–Trinajstić information content (AvgIpc) is 2.28. The van der Waals surface area contributed by atoms with Crippen molar-refractivity contribution in [1.82, 2.24) is 10.2 Å². The minimum absolute atomic E-state index is 0.0544. The van der Waals surface area contributed by atoms with Gasteiger partial charge in [-0.25, -0.2) is 17.9 Å². The first-order valence-electron chi connectivity index (χ1n) is 4.67. The van der Waals surface area contributed by atoms with Crippen LogP contribution in [0.5, 0.6) is 0 Å². The summed E-state index contributed by atoms with van der Waals surface area (Å²) in [6, 6.07) is 4.20. The van der Waals surface area contributed by atoms with Crippen molar-refractivity contribution in [1.29, 1.82) is 0 Å². The molecule has 0 fully saturated rings. The molecule has 0 unspecified atom stereocenters. The number of aromatic amines is 1. The standard InChI is InChI=1S/C10H6BrFN2O3S/c11-7-5-6(12)1-2-8(7)18(16,17)9-3-4-13-14-10(9)15/h1-5H,(H,14,15). The highest BCUT2D eigenvalue weighted by Crippen LogP contribution is 2.26. The van der Waals surface area contributed by atoms with Crippen LogP contribution in [0.3, 0.4) is 0 Å². The topological polar surface area (TPSA) is 79.9 Å². The van der Waals surface area contributed by atoms with Crippen molar-refractivity contribution in [3.8, 4) is 0 Å². The van der Waals surface area contributed by atoms with E-state index >= 15 is 0 Å². The van der Waals surface area contributed by atoms with Crippen molar-refractivity contribution in [3.05, 3.63) is 51.1 Å². The number of hydrogen-bond donors (Lipinski definition) is 1. The minimum Gasteiger partial charge on any atom is -0.267 e. The number of nitrogens with one attached hydrogen (secondary N) is 1. The molecule has 2 aromatic rings. The molecule has 1 N–H and O–H groups in total. The van der Waals surface area contributed by atoms with Gasteiger partial charge in [-0.15, -0.1) is 0 Å². The van der Waals surface area contributed by atoms with Gasteiger partial charge in [-0.05, 0) is 40.2 Å². The summed E-state index contributed by atoms with van der Waals surface area (Å²) in [6.45, 7) is 0. The Morgan fingerprint density at radius 1 is 1.22 bits per heavy atom. The monoisotopic (exact) mass is 332 g/mol. The third kappa shape index (κ3) is 2.21. The molecule has 2 rings (SSSR count). The maximum absolute atomic E-state index is 12.9. The van der Waals surface area contributed by atoms with Crippen LogP contribution < -0.4 is 5.56 Å². The summed E-state index contributed by atoms with van der Waals surface area (Å²) in [7, 11) is -4.01. The second kappa shape index (κ2) is 4.62. The second-order valence-electron chi connectivity index (χ2n) is 3.33. The van der Waals surface area contributed by atoms with Crippen molar-refractivity contribution in [2.45, 2.75) is 9.79 Å². The molecular formula is C10H6BrFN2O3S. The summed E-state index contributed by atoms with van der Waals surface area (Å²) in [5, 5.41) is 5.45. The zero-order valence-corrected chi connectivity index (χ0v) is 11.1. The van der Waals surface area contributed by atoms with Gasteiger partial charge in [-0.2, -0.15) is 5.10 Å². The normalized spacial score (nSPS) is 11.4. The highest BCUT2D eigenvalue weighted by atomic mass is 79.9. The zero-order valence-electron chi connectivity index (χ0n) is 8.72. The Balaban J connectivity index is 2.70. The van der Waals surface area contributed by atoms with Crippen molar-refractivity contribution in [2.24, 2.45) is 0 Å². The Bertz CT molecular complexity index is 758. The van der Waals surface area contributed by atoms with Crippen LogP contribution in [0.4, 0.5) is 4.39 Å². The number of H-pyrrole nitrogens is 1. The summed E-state index contributed by atoms with van der Waals surface area (Å²) < 4.78 is 37.3. The first kappa shape index (κ1) is 12.9. The molecule has 0 aliphatic heterocycles. The number of nitrogens with zero attached hydrogens (tertiary/aromatic N) is 1. The van der Waals surface area contributed by atoms with Crippen molar-refractivity contribution >= 4 is 25.8 Å². The molecule has 0 aliphatic carbocycles. The lowest BCUT2D eigenvalue weighted by molar-refractivity contribution is 0.592. The van der Waals surface area contributed by atoms with E-state index in [4.69, 9.17) is 0 Å². The van der Waals surface area contributed by atoms with Crippen molar-refractivity contribution in [2.75, 3.05) is 0 Å². The van der Waals surface area contributed by atoms with Crippen LogP contribution in [0.2, 0.25) is 0 Å². The molecule has 0 saturated heterocycles. The van der Waals surface area contributed by atoms with Crippen LogP contribution in [0.1, 0.15) is 0 Å². The van der Waals surface area contributed by atoms with E-state index in [-0.39, 0.29) is 9.37 Å². The largest absolute Gasteiger partial charge is 0.283 e. The van der Waals surface area contributed by atoms with E-state index in [0.717, 1.165) is 30.5 Å². The molecule has 0 radical (unpaired) electrons. The number of halogens is 2. The molecule has 0 amide bonds. The van der Waals surface area contributed by atoms with Crippen LogP contribution in [-0.2, 0) is 9.84 Å². The Morgan fingerprint density at radius 2 is 1.94 bits per heavy atom. The Labute approximate surface area is 110 Å². The predicted molar refractivity (Wildman–Crippen MR) is 64.4 cm³/mol. The first-order chi connectivity index (χ1) is 8.43. The first-order valence-corrected chi connectivity index (χ1v) is 6.94. The van der Waals surface area contributed by atoms with E-state index in [0.29, 0.717) is 0 Å². The Morgan fingerprint density at radius 3 is 2.56 bits per heavy atom. The van der Waals surface area contributed by atoms with Gasteiger partial charge in [0.2, 0.25) is 9.84 Å². The van der Waals surface area contributed by atoms with Gasteiger partial charge in [0.05, 0.1) is 4.90 Å². The van der Waals surface area contributed by atoms with Crippen molar-refractivity contribution < 1.29 is 12.8 Å². The molecule has 0 spiro atoms. The molecule has 1 heterocycles. The van der Waals surface area contributed by atoms with E-state index in [9.17, 15) is 17.6 Å². The number of aromatic nitrogens is 2. The lowest BCUT2D eigenvalue weighted by Crippen LogP contribution is -2.18. The average molecular weight is 333 g/mol. The number of benzene rings is 1. The van der Waals surface area contributed by atoms with Gasteiger partial charge in [0.25, 0.3) is 5.56 Å². The number of hydrogen-bond acceptors (Lipinski definition) is 4. The fraction of sp³-hybridized carbons (Fsp3) is 0. The lowest BCUT2D eigenvalue weighted by Gasteiger charge is -2.05. The van der Waals surface area contributed by atoms with Crippen LogP contribution in [0.15, 0.2) is 49.5 Å². The fourth-order valence-electron chi connectivity index (χ4n) is 1.35. The van der Waals surface area contributed by atoms with Crippen LogP contribution in [0.25, 0.3) is 0 Å². The number of rotatable bonds is 2. The summed E-state index contributed by atoms with van der Waals surface area (Å²) in [5.74, 6) is -0.579. The molecule has 0 aliphatic rings. The SMILES string of the molecule is O=c1[nH]nccc1S(=O)(=O)c1ccc(F)cc1Br. The van der Waals surface area contributed by atoms with E-state index in [2.05, 4.69) is 21.0 Å². The van der Waals surface area contributed by atoms with Gasteiger partial charge < -0.3 is 0 Å². The van der Waals surface area contributed by atoms with E-state index < -0.39 is 26.1 Å². The highest BCUT2D eigenvalue weighted by Gasteiger charge is 2.23. The molecule has 8 heteroatoms. The molecule has 18 heavy (non-hydrogen) atoms. The maximum Gasteiger partial charge on any atom is 0.283 e. The molecule has 1 aromatic heterocycles. The molecule has 5 nitrogen and oxygen atoms in total. The van der Waals surface area contributed by atoms with Gasteiger partial charge in [0, 0.05) is 10.7 Å². The molecule has 1 aromatic carbocycles. The predicted octanol–water partition coefficient (Wildman–Crippen LogP) is 1.50. The minimum atomic E-state index is -4.01. The van der Waals surface area contributed by atoms with Gasteiger partial charge in [0.15, 0.2) is 0 Å². The third-order valence-electron chi connectivity index (χ3n) is 2.16. The molecule has 94 valence electrons. The van der Waals surface area contributed by atoms with E-state index in [1.165, 1.54) is 0 Å². The third-order valence-corrected chi connectivity index (χ3v) is 4.92. The summed E-state index contributed by atoms with van der Waals surface area (Å²) in [5.41, 5.74) is -0.825. The van der Waals surface area contributed by atoms with Crippen LogP contribution in [0, 0.1) is 5.82 Å². The quantitative estimate of drug-likeness (QED) is 0.845. The Hall–Kier alpha value is -1.54. The number of sulfone groups is 1. The van der Waals surface area contributed by atoms with Crippen LogP contribution >= 0.6 is 15.9 Å². The second-order valence-corrected chi connectivity index (χ2v) is 6.07. The van der Waals surface area contributed by atoms with Crippen molar-refractivity contribution in [3.63, 3.8) is 0 Å². The molecule has 0 atom stereocenters. The Kier molecular flexibility index (Phi) is 3.31. The van der Waals surface area contributed by atoms with E-state index in [1.807, 2.05) is 5.10 Å². The summed E-state index contributed by atoms with van der Waals surface area (Å²) in [6.07, 6.45) is 1.16. The lowest BCUT2D eigenvalue weighted by atomic mass is 10.3. The van der Waals surface area contributed by atoms with Gasteiger partial charge in [0.1, 0.15) is 10.7 Å². The fourth-order valence-corrected chi connectivity index (χ4v) is 3.67. The van der Waals surface area contributed by atoms with Crippen LogP contribution in [-0.4, -0.2) is 18.6 Å². The summed E-state index contributed by atoms with van der Waals surface area (Å²) in [4.78, 5) is 10.8. The smallest absolute Gasteiger partial charge is 0.267 e. The highest BCUT2D eigenvalue weighted by molar-refractivity contribution is 9.10. The van der Waals surface area contributed by atoms with Gasteiger partial charge in [-0.3, -0.25) is 4.79 Å². The molecule has 0 saturated carbocycles. The maximum atomic E-state index is 12.9. The molecule has 0 bridgehead atoms. The van der Waals surface area contributed by atoms with Gasteiger partial charge in [-0.1, -0.05) is 0 Å². The summed E-state index contributed by atoms with van der Waals surface area (Å²) >= 11 is 2.96. The zero-order chi connectivity index (χ0) is 13.3. The van der Waals surface area contributed by atoms with E-state index in [1.54, 1.807) is 0 Å². The molecular weight excluding hydrogens is 327 g/mol.